The summed E-state index contributed by atoms with van der Waals surface area (Å²) in [6.07, 6.45) is 6.85. The van der Waals surface area contributed by atoms with Crippen molar-refractivity contribution in [2.45, 2.75) is 56.3 Å². The van der Waals surface area contributed by atoms with E-state index in [-0.39, 0.29) is 0 Å². The van der Waals surface area contributed by atoms with E-state index in [1.165, 1.54) is 0 Å². The molecular formula is C17H19NO3. The van der Waals surface area contributed by atoms with E-state index in [2.05, 4.69) is 4.98 Å². The van der Waals surface area contributed by atoms with E-state index in [4.69, 9.17) is 4.42 Å². The number of hydrogen-bond acceptors (Lipinski definition) is 3. The molecule has 21 heavy (non-hydrogen) atoms. The van der Waals surface area contributed by atoms with Gasteiger partial charge in [-0.25, -0.2) is 4.98 Å². The number of hydrogen-bond donors (Lipinski definition) is 1. The number of nitrogens with zero attached hydrogens (tertiary/aromatic N) is 1. The molecule has 0 unspecified atom stereocenters. The first-order valence-electron chi connectivity index (χ1n) is 7.83. The summed E-state index contributed by atoms with van der Waals surface area (Å²) in [5, 5.41) is 9.77. The first-order valence-corrected chi connectivity index (χ1v) is 7.83. The van der Waals surface area contributed by atoms with Crippen LogP contribution in [0.4, 0.5) is 0 Å². The summed E-state index contributed by atoms with van der Waals surface area (Å²) in [6.45, 7) is 0. The van der Waals surface area contributed by atoms with Gasteiger partial charge in [-0.1, -0.05) is 25.3 Å². The molecule has 0 atom stereocenters. The van der Waals surface area contributed by atoms with Gasteiger partial charge < -0.3 is 9.52 Å². The highest BCUT2D eigenvalue weighted by molar-refractivity contribution is 5.84. The van der Waals surface area contributed by atoms with Gasteiger partial charge in [-0.3, -0.25) is 4.79 Å². The summed E-state index contributed by atoms with van der Waals surface area (Å²) in [5.74, 6) is 0.589. The average molecular weight is 285 g/mol. The zero-order valence-electron chi connectivity index (χ0n) is 12.0. The molecular weight excluding hydrogens is 266 g/mol. The van der Waals surface area contributed by atoms with E-state index in [0.29, 0.717) is 5.92 Å². The Kier molecular flexibility index (Phi) is 2.81. The molecule has 1 aromatic heterocycles. The van der Waals surface area contributed by atoms with E-state index in [1.54, 1.807) is 0 Å². The first-order chi connectivity index (χ1) is 10.2. The lowest BCUT2D eigenvalue weighted by atomic mass is 9.69. The van der Waals surface area contributed by atoms with Crippen LogP contribution in [-0.4, -0.2) is 16.1 Å². The van der Waals surface area contributed by atoms with Crippen LogP contribution >= 0.6 is 0 Å². The normalized spacial score (nSPS) is 21.5. The smallest absolute Gasteiger partial charge is 0.314 e. The van der Waals surface area contributed by atoms with Gasteiger partial charge in [-0.05, 0) is 43.4 Å². The number of carboxylic acid groups (broad SMARTS) is 1. The highest BCUT2D eigenvalue weighted by Crippen LogP contribution is 2.43. The van der Waals surface area contributed by atoms with Gasteiger partial charge in [0.15, 0.2) is 11.5 Å². The molecule has 1 aromatic carbocycles. The number of fused-ring (bicyclic) bond motifs is 1. The number of benzene rings is 1. The lowest BCUT2D eigenvalue weighted by Gasteiger charge is -2.33. The fourth-order valence-electron chi connectivity index (χ4n) is 3.53. The van der Waals surface area contributed by atoms with Crippen LogP contribution in [0.5, 0.6) is 0 Å². The molecule has 4 rings (SSSR count). The molecule has 1 heterocycles. The van der Waals surface area contributed by atoms with E-state index >= 15 is 0 Å². The predicted octanol–water partition coefficient (Wildman–Crippen LogP) is 3.99. The van der Waals surface area contributed by atoms with Crippen molar-refractivity contribution in [3.05, 3.63) is 29.7 Å². The van der Waals surface area contributed by atoms with Crippen LogP contribution in [-0.2, 0) is 10.2 Å². The third-order valence-corrected chi connectivity index (χ3v) is 5.00. The number of aromatic nitrogens is 1. The number of carbonyl (C=O) groups is 1. The molecule has 4 nitrogen and oxygen atoms in total. The summed E-state index contributed by atoms with van der Waals surface area (Å²) in [7, 11) is 0. The standard InChI is InChI=1S/C17H19NO3/c19-16(20)17(8-2-1-3-9-17)12-6-7-14-13(10-12)18-15(21-14)11-4-5-11/h6-7,10-11H,1-5,8-9H2,(H,19,20). The monoisotopic (exact) mass is 285 g/mol. The van der Waals surface area contributed by atoms with Crippen molar-refractivity contribution >= 4 is 17.1 Å². The Bertz CT molecular complexity index is 693. The highest BCUT2D eigenvalue weighted by atomic mass is 16.4. The van der Waals surface area contributed by atoms with E-state index in [0.717, 1.165) is 67.5 Å². The Morgan fingerprint density at radius 3 is 2.67 bits per heavy atom. The Morgan fingerprint density at radius 1 is 1.24 bits per heavy atom. The fraction of sp³-hybridized carbons (Fsp3) is 0.529. The van der Waals surface area contributed by atoms with Crippen molar-refractivity contribution in [2.24, 2.45) is 0 Å². The lowest BCUT2D eigenvalue weighted by Crippen LogP contribution is -2.37. The van der Waals surface area contributed by atoms with Crippen LogP contribution in [0.25, 0.3) is 11.1 Å². The van der Waals surface area contributed by atoms with Gasteiger partial charge in [-0.15, -0.1) is 0 Å². The number of oxazole rings is 1. The van der Waals surface area contributed by atoms with Crippen LogP contribution in [0.15, 0.2) is 22.6 Å². The molecule has 4 heteroatoms. The number of aliphatic carboxylic acids is 1. The van der Waals surface area contributed by atoms with Crippen LogP contribution in [0, 0.1) is 0 Å². The second-order valence-electron chi connectivity index (χ2n) is 6.46. The molecule has 0 bridgehead atoms. The molecule has 0 aliphatic heterocycles. The molecule has 2 aliphatic carbocycles. The van der Waals surface area contributed by atoms with Gasteiger partial charge in [0, 0.05) is 5.92 Å². The zero-order valence-corrected chi connectivity index (χ0v) is 12.0. The maximum Gasteiger partial charge on any atom is 0.314 e. The molecule has 2 fully saturated rings. The van der Waals surface area contributed by atoms with Gasteiger partial charge in [0.2, 0.25) is 0 Å². The molecule has 0 radical (unpaired) electrons. The number of carboxylic acids is 1. The molecule has 110 valence electrons. The van der Waals surface area contributed by atoms with Crippen molar-refractivity contribution in [1.29, 1.82) is 0 Å². The summed E-state index contributed by atoms with van der Waals surface area (Å²) >= 11 is 0. The largest absolute Gasteiger partial charge is 0.481 e. The minimum atomic E-state index is -0.731. The molecule has 0 amide bonds. The summed E-state index contributed by atoms with van der Waals surface area (Å²) < 4.78 is 5.77. The summed E-state index contributed by atoms with van der Waals surface area (Å²) in [5.41, 5.74) is 1.74. The maximum atomic E-state index is 11.9. The second-order valence-corrected chi connectivity index (χ2v) is 6.46. The second kappa shape index (κ2) is 4.58. The first kappa shape index (κ1) is 12.9. The van der Waals surface area contributed by atoms with Crippen molar-refractivity contribution in [3.8, 4) is 0 Å². The molecule has 2 aliphatic rings. The minimum Gasteiger partial charge on any atom is -0.481 e. The van der Waals surface area contributed by atoms with Gasteiger partial charge >= 0.3 is 5.97 Å². The van der Waals surface area contributed by atoms with E-state index in [9.17, 15) is 9.90 Å². The van der Waals surface area contributed by atoms with Crippen LogP contribution in [0.3, 0.4) is 0 Å². The topological polar surface area (TPSA) is 63.3 Å². The summed E-state index contributed by atoms with van der Waals surface area (Å²) in [6, 6.07) is 5.75. The van der Waals surface area contributed by atoms with Gasteiger partial charge in [0.05, 0.1) is 5.41 Å². The molecule has 0 spiro atoms. The Morgan fingerprint density at radius 2 is 2.00 bits per heavy atom. The quantitative estimate of drug-likeness (QED) is 0.926. The average Bonchev–Trinajstić information content (AvgIpc) is 3.26. The van der Waals surface area contributed by atoms with Crippen molar-refractivity contribution in [2.75, 3.05) is 0 Å². The third-order valence-electron chi connectivity index (χ3n) is 5.00. The van der Waals surface area contributed by atoms with Crippen molar-refractivity contribution in [3.63, 3.8) is 0 Å². The van der Waals surface area contributed by atoms with Gasteiger partial charge in [0.25, 0.3) is 0 Å². The SMILES string of the molecule is O=C(O)C1(c2ccc3oc(C4CC4)nc3c2)CCCCC1. The fourth-order valence-corrected chi connectivity index (χ4v) is 3.53. The third kappa shape index (κ3) is 2.04. The van der Waals surface area contributed by atoms with Crippen LogP contribution in [0.1, 0.15) is 62.3 Å². The minimum absolute atomic E-state index is 0.476. The maximum absolute atomic E-state index is 11.9. The zero-order chi connectivity index (χ0) is 14.4. The number of rotatable bonds is 3. The van der Waals surface area contributed by atoms with Crippen LogP contribution < -0.4 is 0 Å². The van der Waals surface area contributed by atoms with E-state index in [1.807, 2.05) is 18.2 Å². The molecule has 0 saturated heterocycles. The van der Waals surface area contributed by atoms with E-state index < -0.39 is 11.4 Å². The highest BCUT2D eigenvalue weighted by Gasteiger charge is 2.41. The Hall–Kier alpha value is -1.84. The van der Waals surface area contributed by atoms with Crippen LogP contribution in [0.2, 0.25) is 0 Å². The molecule has 1 N–H and O–H groups in total. The summed E-state index contributed by atoms with van der Waals surface area (Å²) in [4.78, 5) is 16.5. The lowest BCUT2D eigenvalue weighted by molar-refractivity contribution is -0.145. The molecule has 2 aromatic rings. The van der Waals surface area contributed by atoms with Crippen molar-refractivity contribution in [1.82, 2.24) is 4.98 Å². The Balaban J connectivity index is 1.78. The molecule has 2 saturated carbocycles. The Labute approximate surface area is 123 Å². The van der Waals surface area contributed by atoms with Crippen molar-refractivity contribution < 1.29 is 14.3 Å². The predicted molar refractivity (Wildman–Crippen MR) is 78.4 cm³/mol. The van der Waals surface area contributed by atoms with Gasteiger partial charge in [-0.2, -0.15) is 0 Å². The van der Waals surface area contributed by atoms with Gasteiger partial charge in [0.1, 0.15) is 5.52 Å².